The van der Waals surface area contributed by atoms with Gasteiger partial charge in [0.1, 0.15) is 12.2 Å². The molecule has 4 rings (SSSR count). The third-order valence-corrected chi connectivity index (χ3v) is 15.6. The molecule has 4 aromatic carbocycles. The summed E-state index contributed by atoms with van der Waals surface area (Å²) in [6.45, 7) is 13.1. The molecule has 1 unspecified atom stereocenters. The molecule has 0 aliphatic heterocycles. The Balaban J connectivity index is 0.00000113. The van der Waals surface area contributed by atoms with Gasteiger partial charge in [0.15, 0.2) is 5.11 Å². The molecule has 0 fully saturated rings. The number of thiocarbonyl (C=S) groups is 1. The average molecular weight is 1410 g/mol. The molecule has 28 nitrogen and oxygen atoms in total. The first-order valence-corrected chi connectivity index (χ1v) is 37.2. The molecule has 0 saturated heterocycles. The minimum Gasteiger partial charge on any atom is -0.445 e. The number of hydrogen-bond acceptors (Lipinski definition) is 18. The van der Waals surface area contributed by atoms with Crippen molar-refractivity contribution < 1.29 is 93.5 Å². The predicted molar refractivity (Wildman–Crippen MR) is 355 cm³/mol. The normalized spacial score (nSPS) is 12.1. The summed E-state index contributed by atoms with van der Waals surface area (Å²) < 4.78 is 157. The lowest BCUT2D eigenvalue weighted by molar-refractivity contribution is -0.123. The van der Waals surface area contributed by atoms with Gasteiger partial charge in [0.25, 0.3) is 50.6 Å². The van der Waals surface area contributed by atoms with Crippen LogP contribution in [0.3, 0.4) is 0 Å². The maximum absolute atomic E-state index is 12.0. The lowest BCUT2D eigenvalue weighted by Crippen LogP contribution is -2.43. The summed E-state index contributed by atoms with van der Waals surface area (Å²) in [5, 5.41) is 16.3. The number of carbonyl (C=O) groups excluding carboxylic acids is 4. The fourth-order valence-electron chi connectivity index (χ4n) is 7.01. The van der Waals surface area contributed by atoms with Gasteiger partial charge in [-0.2, -0.15) is 42.1 Å². The minimum absolute atomic E-state index is 0.146. The number of nitrogens with one attached hydrogen (secondary N) is 6. The minimum atomic E-state index is -4.06. The van der Waals surface area contributed by atoms with Crippen LogP contribution in [0, 0.1) is 5.92 Å². The van der Waals surface area contributed by atoms with Crippen molar-refractivity contribution in [3.05, 3.63) is 143 Å². The molecule has 92 heavy (non-hydrogen) atoms. The van der Waals surface area contributed by atoms with Gasteiger partial charge in [0.2, 0.25) is 11.8 Å². The Hall–Kier alpha value is -6.44. The van der Waals surface area contributed by atoms with Gasteiger partial charge in [-0.15, -0.1) is 0 Å². The quantitative estimate of drug-likeness (QED) is 0.0174. The molecule has 0 bridgehead atoms. The Morgan fingerprint density at radius 1 is 0.457 bits per heavy atom. The summed E-state index contributed by atoms with van der Waals surface area (Å²) in [5.74, 6) is -2.08. The molecular weight excluding hydrogens is 1320 g/mol. The maximum atomic E-state index is 12.0. The van der Waals surface area contributed by atoms with Crippen LogP contribution in [0.25, 0.3) is 0 Å². The van der Waals surface area contributed by atoms with E-state index in [2.05, 4.69) is 45.7 Å². The molecule has 0 aromatic heterocycles. The molecule has 2 atom stereocenters. The van der Waals surface area contributed by atoms with Crippen molar-refractivity contribution in [1.29, 1.82) is 0 Å². The van der Waals surface area contributed by atoms with Crippen molar-refractivity contribution in [2.24, 2.45) is 11.7 Å². The van der Waals surface area contributed by atoms with E-state index in [-0.39, 0.29) is 80.3 Å². The molecule has 520 valence electrons. The first kappa shape index (κ1) is 85.6. The van der Waals surface area contributed by atoms with Gasteiger partial charge in [-0.25, -0.2) is 9.59 Å². The van der Waals surface area contributed by atoms with Crippen LogP contribution in [0.1, 0.15) is 107 Å². The number of carbonyl (C=O) groups is 4. The van der Waals surface area contributed by atoms with Gasteiger partial charge in [-0.3, -0.25) is 32.4 Å². The summed E-state index contributed by atoms with van der Waals surface area (Å²) in [5.41, 5.74) is 10.2. The van der Waals surface area contributed by atoms with Crippen LogP contribution in [0.5, 0.6) is 0 Å². The molecular formula is C58H91N7O21S6. The number of nitrogens with two attached hydrogens (primary N) is 1. The lowest BCUT2D eigenvalue weighted by Gasteiger charge is -2.19. The number of benzene rings is 4. The van der Waals surface area contributed by atoms with Crippen LogP contribution in [-0.2, 0) is 95.6 Å². The number of unbranched alkanes of at least 4 members (excludes halogenated alkanes) is 1. The van der Waals surface area contributed by atoms with Crippen LogP contribution in [0.4, 0.5) is 9.59 Å². The van der Waals surface area contributed by atoms with E-state index < -0.39 is 86.1 Å². The van der Waals surface area contributed by atoms with E-state index in [1.165, 1.54) is 5.56 Å². The first-order valence-electron chi connectivity index (χ1n) is 28.8. The van der Waals surface area contributed by atoms with Gasteiger partial charge in [0.05, 0.1) is 40.7 Å². The third-order valence-electron chi connectivity index (χ3n) is 11.4. The standard InChI is InChI=1S/C16H25NO4S.C12H17NO5S.C11H16N2O4S.C11H16N2O3S2.C8H17NO5S/c1-12(2)11-14-5-7-15(8-6-14)13(3)16(18)17-9-4-10-22(19,20)21;14-12(13-8-4-5-9-19(15,16)17)18-10-11-6-2-1-3-7-11;12-10(8-9-4-2-1-3-5-9)11(14)13-6-7-18(15,16)17;14-18(15,16)8-4-7-12-11(17)13-9-10-5-2-1-3-6-10;1-8(2,3)14-7(10)9-5-4-6-15(11,12)13/h5-8,12-13H,4,9-11H2,1-3H3,(H,17,18)(H,19,20,21);1-3,6-7H,4-5,8-10H2,(H,13,14)(H,15,16,17);1-5,10H,6-8,12H2,(H,13,14)(H,15,16,17);1-3,5-6H,4,7-9H2,(H2,12,13,17)(H,14,15,16);4-6H2,1-3H3,(H,9,10)(H,11,12,13)/t;;10-;;/m..0../s1. The summed E-state index contributed by atoms with van der Waals surface area (Å²) in [4.78, 5) is 45.8. The van der Waals surface area contributed by atoms with Gasteiger partial charge >= 0.3 is 12.2 Å². The predicted octanol–water partition coefficient (Wildman–Crippen LogP) is 5.24. The Morgan fingerprint density at radius 3 is 1.30 bits per heavy atom. The topological polar surface area (TPSA) is 457 Å². The summed E-state index contributed by atoms with van der Waals surface area (Å²) in [6, 6.07) is 35.6. The van der Waals surface area contributed by atoms with E-state index in [0.717, 1.165) is 28.7 Å². The van der Waals surface area contributed by atoms with Crippen molar-refractivity contribution >= 4 is 91.9 Å². The Labute approximate surface area is 547 Å². The van der Waals surface area contributed by atoms with Crippen molar-refractivity contribution in [1.82, 2.24) is 31.9 Å². The lowest BCUT2D eigenvalue weighted by atomic mass is 9.96. The van der Waals surface area contributed by atoms with Gasteiger partial charge in [0, 0.05) is 39.3 Å². The van der Waals surface area contributed by atoms with E-state index in [4.69, 9.17) is 50.2 Å². The van der Waals surface area contributed by atoms with Gasteiger partial charge < -0.3 is 47.1 Å². The zero-order valence-electron chi connectivity index (χ0n) is 52.4. The second-order valence-electron chi connectivity index (χ2n) is 21.6. The second-order valence-corrected chi connectivity index (χ2v) is 29.9. The highest BCUT2D eigenvalue weighted by molar-refractivity contribution is 7.86. The van der Waals surface area contributed by atoms with Crippen LogP contribution in [0.2, 0.25) is 0 Å². The highest BCUT2D eigenvalue weighted by Gasteiger charge is 2.18. The Morgan fingerprint density at radius 2 is 0.848 bits per heavy atom. The highest BCUT2D eigenvalue weighted by Crippen LogP contribution is 2.18. The average Bonchev–Trinajstić information content (AvgIpc) is 1.65. The number of alkyl carbamates (subject to hydrolysis) is 2. The van der Waals surface area contributed by atoms with Gasteiger partial charge in [-0.05, 0) is 119 Å². The van der Waals surface area contributed by atoms with Crippen LogP contribution >= 0.6 is 12.2 Å². The number of amides is 4. The first-order chi connectivity index (χ1) is 42.6. The smallest absolute Gasteiger partial charge is 0.407 e. The summed E-state index contributed by atoms with van der Waals surface area (Å²) >= 11 is 5.03. The van der Waals surface area contributed by atoms with Crippen LogP contribution < -0.4 is 37.6 Å². The highest BCUT2D eigenvalue weighted by atomic mass is 32.2. The van der Waals surface area contributed by atoms with Crippen molar-refractivity contribution in [2.45, 2.75) is 117 Å². The monoisotopic (exact) mass is 1410 g/mol. The number of ether oxygens (including phenoxy) is 2. The van der Waals surface area contributed by atoms with Crippen molar-refractivity contribution in [2.75, 3.05) is 61.5 Å². The van der Waals surface area contributed by atoms with Crippen LogP contribution in [0.15, 0.2) is 115 Å². The van der Waals surface area contributed by atoms with Gasteiger partial charge in [-0.1, -0.05) is 129 Å². The summed E-state index contributed by atoms with van der Waals surface area (Å²) in [6.07, 6.45) is 1.65. The number of rotatable bonds is 31. The zero-order valence-corrected chi connectivity index (χ0v) is 57.3. The van der Waals surface area contributed by atoms with E-state index in [1.807, 2.05) is 122 Å². The fraction of sp³-hybridized carbons (Fsp3) is 0.500. The molecule has 0 aliphatic carbocycles. The molecule has 0 saturated carbocycles. The number of hydrogen-bond donors (Lipinski definition) is 12. The maximum Gasteiger partial charge on any atom is 0.407 e. The largest absolute Gasteiger partial charge is 0.445 e. The molecule has 0 aliphatic rings. The zero-order chi connectivity index (χ0) is 70.0. The Kier molecular flexibility index (Phi) is 41.8. The fourth-order valence-corrected chi connectivity index (χ4v) is 9.64. The SMILES string of the molecule is CC(C)(C)OC(=O)NCCCS(=O)(=O)O.CC(C)Cc1ccc(C(C)C(=O)NCCCS(=O)(=O)O)cc1.N[C@@H](Cc1ccccc1)C(=O)NCCS(=O)(=O)O.O=C(NCCCCS(=O)(=O)O)OCc1ccccc1.O=S(=O)(O)CCCNC(=S)NCc1ccccc1. The van der Waals surface area contributed by atoms with E-state index in [9.17, 15) is 61.3 Å². The van der Waals surface area contributed by atoms with E-state index in [0.29, 0.717) is 49.9 Å². The van der Waals surface area contributed by atoms with E-state index >= 15 is 0 Å². The molecule has 4 amide bonds. The molecule has 0 heterocycles. The second kappa shape index (κ2) is 45.0. The molecule has 34 heteroatoms. The van der Waals surface area contributed by atoms with Crippen LogP contribution in [-0.4, -0.2) is 167 Å². The third kappa shape index (κ3) is 54.1. The molecule has 13 N–H and O–H groups in total. The van der Waals surface area contributed by atoms with Crippen molar-refractivity contribution in [3.8, 4) is 0 Å². The molecule has 0 radical (unpaired) electrons. The summed E-state index contributed by atoms with van der Waals surface area (Å²) in [7, 11) is -19.8. The Bertz CT molecular complexity index is 3370. The van der Waals surface area contributed by atoms with Crippen molar-refractivity contribution in [3.63, 3.8) is 0 Å². The van der Waals surface area contributed by atoms with E-state index in [1.54, 1.807) is 20.8 Å². The molecule has 4 aromatic rings. The molecule has 0 spiro atoms.